The molecule has 3 rings (SSSR count). The van der Waals surface area contributed by atoms with Gasteiger partial charge in [0.05, 0.1) is 10.6 Å². The van der Waals surface area contributed by atoms with Gasteiger partial charge in [0.15, 0.2) is 4.77 Å². The Balaban J connectivity index is 2.35. The van der Waals surface area contributed by atoms with Crippen LogP contribution in [-0.4, -0.2) is 15.3 Å². The lowest BCUT2D eigenvalue weighted by atomic mass is 10.1. The first kappa shape index (κ1) is 12.7. The van der Waals surface area contributed by atoms with E-state index in [1.807, 2.05) is 32.0 Å². The van der Waals surface area contributed by atoms with Crippen molar-refractivity contribution in [2.24, 2.45) is 0 Å². The number of nitrogens with zero attached hydrogens (tertiary/aromatic N) is 1. The highest BCUT2D eigenvalue weighted by atomic mass is 32.2. The van der Waals surface area contributed by atoms with E-state index in [1.54, 1.807) is 16.3 Å². The zero-order valence-electron chi connectivity index (χ0n) is 10.8. The Morgan fingerprint density at radius 3 is 2.95 bits per heavy atom. The molecule has 0 saturated carbocycles. The summed E-state index contributed by atoms with van der Waals surface area (Å²) in [6, 6.07) is 6.07. The zero-order chi connectivity index (χ0) is 13.6. The smallest absolute Gasteiger partial charge is 0.272 e. The van der Waals surface area contributed by atoms with Crippen LogP contribution in [0.2, 0.25) is 0 Å². The zero-order valence-corrected chi connectivity index (χ0v) is 12.5. The number of fused-ring (bicyclic) bond motifs is 1. The average Bonchev–Trinajstić information content (AvgIpc) is 2.82. The molecule has 0 saturated heterocycles. The fourth-order valence-corrected chi connectivity index (χ4v) is 3.68. The lowest BCUT2D eigenvalue weighted by molar-refractivity contribution is 0.830. The minimum atomic E-state index is 0.00921. The summed E-state index contributed by atoms with van der Waals surface area (Å²) in [5.74, 6) is 0.951. The number of aromatic nitrogens is 2. The number of H-pyrrole nitrogens is 1. The van der Waals surface area contributed by atoms with Crippen LogP contribution < -0.4 is 5.56 Å². The third-order valence-electron chi connectivity index (χ3n) is 3.34. The van der Waals surface area contributed by atoms with Gasteiger partial charge in [0.25, 0.3) is 5.56 Å². The first-order chi connectivity index (χ1) is 9.08. The molecule has 2 aromatic rings. The molecule has 3 nitrogen and oxygen atoms in total. The van der Waals surface area contributed by atoms with E-state index in [9.17, 15) is 4.79 Å². The largest absolute Gasteiger partial charge is 0.334 e. The summed E-state index contributed by atoms with van der Waals surface area (Å²) in [5.41, 5.74) is 4.04. The fourth-order valence-electron chi connectivity index (χ4n) is 2.32. The van der Waals surface area contributed by atoms with E-state index in [0.29, 0.717) is 4.77 Å². The number of hydrogen-bond donors (Lipinski definition) is 1. The summed E-state index contributed by atoms with van der Waals surface area (Å²) >= 11 is 6.97. The van der Waals surface area contributed by atoms with Gasteiger partial charge in [-0.2, -0.15) is 0 Å². The predicted octanol–water partition coefficient (Wildman–Crippen LogP) is 3.16. The molecule has 0 atom stereocenters. The summed E-state index contributed by atoms with van der Waals surface area (Å²) in [5, 5.41) is 0. The number of hydrogen-bond acceptors (Lipinski definition) is 3. The number of aryl methyl sites for hydroxylation is 3. The molecule has 19 heavy (non-hydrogen) atoms. The fraction of sp³-hybridized carbons (Fsp3) is 0.286. The van der Waals surface area contributed by atoms with E-state index in [1.165, 1.54) is 0 Å². The van der Waals surface area contributed by atoms with Crippen molar-refractivity contribution in [2.75, 3.05) is 5.75 Å². The van der Waals surface area contributed by atoms with E-state index in [4.69, 9.17) is 12.2 Å². The third-order valence-corrected chi connectivity index (χ3v) is 4.74. The highest BCUT2D eigenvalue weighted by Crippen LogP contribution is 2.27. The van der Waals surface area contributed by atoms with Gasteiger partial charge in [-0.05, 0) is 49.7 Å². The minimum absolute atomic E-state index is 0.00921. The Morgan fingerprint density at radius 2 is 2.16 bits per heavy atom. The number of thioether (sulfide) groups is 1. The summed E-state index contributed by atoms with van der Waals surface area (Å²) in [7, 11) is 0. The van der Waals surface area contributed by atoms with Gasteiger partial charge in [0.1, 0.15) is 0 Å². The lowest BCUT2D eigenvalue weighted by Crippen LogP contribution is -2.23. The minimum Gasteiger partial charge on any atom is -0.334 e. The van der Waals surface area contributed by atoms with E-state index < -0.39 is 0 Å². The molecule has 1 aromatic heterocycles. The standard InChI is InChI=1S/C14H14N2OS2/c1-8-3-4-9(2)11(7-8)16-13(17)12-10(5-6-19-12)15-14(16)18/h3-4,7H,5-6H2,1-2H3,(H,15,18). The van der Waals surface area contributed by atoms with Gasteiger partial charge in [-0.3, -0.25) is 9.36 Å². The van der Waals surface area contributed by atoms with E-state index in [-0.39, 0.29) is 5.56 Å². The van der Waals surface area contributed by atoms with Crippen LogP contribution in [0.4, 0.5) is 0 Å². The molecular formula is C14H14N2OS2. The second-order valence-electron chi connectivity index (χ2n) is 4.77. The number of benzene rings is 1. The maximum absolute atomic E-state index is 12.6. The van der Waals surface area contributed by atoms with E-state index >= 15 is 0 Å². The van der Waals surface area contributed by atoms with Gasteiger partial charge < -0.3 is 4.98 Å². The second-order valence-corrected chi connectivity index (χ2v) is 6.26. The Bertz CT molecular complexity index is 774. The summed E-state index contributed by atoms with van der Waals surface area (Å²) in [6.45, 7) is 4.01. The van der Waals surface area contributed by atoms with Gasteiger partial charge >= 0.3 is 0 Å². The number of nitrogens with one attached hydrogen (secondary N) is 1. The Labute approximate surface area is 120 Å². The van der Waals surface area contributed by atoms with Crippen LogP contribution in [0.3, 0.4) is 0 Å². The van der Waals surface area contributed by atoms with Crippen molar-refractivity contribution in [1.82, 2.24) is 9.55 Å². The van der Waals surface area contributed by atoms with Crippen LogP contribution in [-0.2, 0) is 6.42 Å². The van der Waals surface area contributed by atoms with Crippen LogP contribution >= 0.6 is 24.0 Å². The quantitative estimate of drug-likeness (QED) is 0.820. The first-order valence-corrected chi connectivity index (χ1v) is 7.56. The maximum atomic E-state index is 12.6. The molecule has 5 heteroatoms. The van der Waals surface area contributed by atoms with Crippen LogP contribution in [0.5, 0.6) is 0 Å². The molecule has 2 heterocycles. The van der Waals surface area contributed by atoms with Gasteiger partial charge in [0, 0.05) is 11.4 Å². The van der Waals surface area contributed by atoms with Gasteiger partial charge in [-0.15, -0.1) is 11.8 Å². The summed E-state index contributed by atoms with van der Waals surface area (Å²) in [6.07, 6.45) is 0.895. The molecule has 0 fully saturated rings. The molecule has 0 spiro atoms. The molecule has 98 valence electrons. The Morgan fingerprint density at radius 1 is 1.37 bits per heavy atom. The van der Waals surface area contributed by atoms with Crippen LogP contribution in [0.15, 0.2) is 27.9 Å². The second kappa shape index (κ2) is 4.65. The molecule has 0 unspecified atom stereocenters. The van der Waals surface area contributed by atoms with Crippen molar-refractivity contribution in [3.63, 3.8) is 0 Å². The number of aromatic amines is 1. The summed E-state index contributed by atoms with van der Waals surface area (Å²) in [4.78, 5) is 16.6. The van der Waals surface area contributed by atoms with Crippen LogP contribution in [0, 0.1) is 18.6 Å². The van der Waals surface area contributed by atoms with Crippen molar-refractivity contribution >= 4 is 24.0 Å². The monoisotopic (exact) mass is 290 g/mol. The van der Waals surface area contributed by atoms with Gasteiger partial charge in [-0.25, -0.2) is 0 Å². The first-order valence-electron chi connectivity index (χ1n) is 6.16. The van der Waals surface area contributed by atoms with Crippen LogP contribution in [0.1, 0.15) is 16.8 Å². The van der Waals surface area contributed by atoms with Crippen molar-refractivity contribution in [1.29, 1.82) is 0 Å². The topological polar surface area (TPSA) is 37.8 Å². The lowest BCUT2D eigenvalue weighted by Gasteiger charge is -2.12. The molecule has 0 aliphatic carbocycles. The summed E-state index contributed by atoms with van der Waals surface area (Å²) < 4.78 is 2.11. The van der Waals surface area contributed by atoms with Crippen molar-refractivity contribution in [3.8, 4) is 5.69 Å². The van der Waals surface area contributed by atoms with Crippen molar-refractivity contribution in [3.05, 3.63) is 50.1 Å². The van der Waals surface area contributed by atoms with Crippen molar-refractivity contribution < 1.29 is 0 Å². The Hall–Kier alpha value is -1.33. The highest BCUT2D eigenvalue weighted by molar-refractivity contribution is 7.99. The number of rotatable bonds is 1. The molecule has 0 radical (unpaired) electrons. The van der Waals surface area contributed by atoms with Crippen LogP contribution in [0.25, 0.3) is 5.69 Å². The highest BCUT2D eigenvalue weighted by Gasteiger charge is 2.19. The molecular weight excluding hydrogens is 276 g/mol. The average molecular weight is 290 g/mol. The maximum Gasteiger partial charge on any atom is 0.272 e. The van der Waals surface area contributed by atoms with Gasteiger partial charge in [0.2, 0.25) is 0 Å². The SMILES string of the molecule is Cc1ccc(C)c(-n2c(=S)[nH]c3c(c2=O)SCC3)c1. The van der Waals surface area contributed by atoms with E-state index in [0.717, 1.165) is 39.6 Å². The van der Waals surface area contributed by atoms with Crippen molar-refractivity contribution in [2.45, 2.75) is 25.2 Å². The molecule has 0 bridgehead atoms. The third kappa shape index (κ3) is 2.07. The Kier molecular flexibility index (Phi) is 3.11. The predicted molar refractivity (Wildman–Crippen MR) is 81.1 cm³/mol. The molecule has 1 aromatic carbocycles. The normalized spacial score (nSPS) is 13.6. The van der Waals surface area contributed by atoms with Gasteiger partial charge in [-0.1, -0.05) is 12.1 Å². The molecule has 0 amide bonds. The molecule has 1 aliphatic heterocycles. The van der Waals surface area contributed by atoms with E-state index in [2.05, 4.69) is 4.98 Å². The molecule has 1 N–H and O–H groups in total. The molecule has 1 aliphatic rings.